The van der Waals surface area contributed by atoms with Gasteiger partial charge in [-0.3, -0.25) is 4.57 Å². The predicted octanol–water partition coefficient (Wildman–Crippen LogP) is 0.968. The minimum absolute atomic E-state index is 0.00201. The zero-order valence-corrected chi connectivity index (χ0v) is 18.6. The molecule has 1 aliphatic carbocycles. The highest BCUT2D eigenvalue weighted by Crippen LogP contribution is 2.33. The summed E-state index contributed by atoms with van der Waals surface area (Å²) in [6.45, 7) is 1.01. The maximum Gasteiger partial charge on any atom is 0.407 e. The highest BCUT2D eigenvalue weighted by atomic mass is 35.5. The normalized spacial score (nSPS) is 30.2. The lowest BCUT2D eigenvalue weighted by molar-refractivity contribution is -0.0534. The number of aromatic nitrogens is 4. The van der Waals surface area contributed by atoms with Gasteiger partial charge in [0, 0.05) is 12.6 Å². The number of amides is 1. The fourth-order valence-corrected chi connectivity index (χ4v) is 4.72. The number of anilines is 1. The lowest BCUT2D eigenvalue weighted by Gasteiger charge is -2.17. The van der Waals surface area contributed by atoms with E-state index in [9.17, 15) is 15.0 Å². The van der Waals surface area contributed by atoms with Gasteiger partial charge in [-0.1, -0.05) is 12.8 Å². The Kier molecular flexibility index (Phi) is 6.52. The number of hydrogen-bond donors (Lipinski definition) is 4. The van der Waals surface area contributed by atoms with Crippen LogP contribution in [0.15, 0.2) is 6.33 Å². The standard InChI is InChI=1S/C20H27ClN6O6/c21-19-25-16(23-11-5-6-31-7-11)13-17(26-19)27(9-22-13)18-15(29)14(28)12(33-18)8-32-20(30)24-10-3-1-2-4-10/h9-12,14-15,18,28-29H,1-8H2,(H,24,30)(H,23,25,26)/t11-,12-,14-,15-,18?/m1/s1. The summed E-state index contributed by atoms with van der Waals surface area (Å²) in [6, 6.07) is 0.196. The van der Waals surface area contributed by atoms with Crippen molar-refractivity contribution >= 4 is 34.7 Å². The number of fused-ring (bicyclic) bond motifs is 1. The Morgan fingerprint density at radius 1 is 1.21 bits per heavy atom. The molecule has 2 aromatic rings. The average Bonchev–Trinajstić information content (AvgIpc) is 3.58. The Bertz CT molecular complexity index is 995. The number of imidazole rings is 1. The van der Waals surface area contributed by atoms with Crippen LogP contribution in [0.2, 0.25) is 5.28 Å². The minimum Gasteiger partial charge on any atom is -0.447 e. The van der Waals surface area contributed by atoms with Crippen LogP contribution in [0.3, 0.4) is 0 Å². The molecule has 180 valence electrons. The van der Waals surface area contributed by atoms with Gasteiger partial charge in [0.1, 0.15) is 24.9 Å². The van der Waals surface area contributed by atoms with Crippen molar-refractivity contribution < 1.29 is 29.2 Å². The largest absolute Gasteiger partial charge is 0.447 e. The molecule has 0 aromatic carbocycles. The molecule has 0 bridgehead atoms. The lowest BCUT2D eigenvalue weighted by atomic mass is 10.1. The SMILES string of the molecule is O=C(NC1CCCC1)OC[C@H]1OC(n2cnc3c(N[C@@H]4CCOC4)nc(Cl)nc32)[C@H](O)[C@@H]1O. The molecule has 2 aliphatic heterocycles. The number of nitrogens with zero attached hydrogens (tertiary/aromatic N) is 4. The van der Waals surface area contributed by atoms with E-state index in [0.29, 0.717) is 30.2 Å². The molecule has 4 heterocycles. The summed E-state index contributed by atoms with van der Waals surface area (Å²) in [6.07, 6.45) is 1.28. The third-order valence-corrected chi connectivity index (χ3v) is 6.50. The molecule has 12 nitrogen and oxygen atoms in total. The first kappa shape index (κ1) is 22.5. The first-order chi connectivity index (χ1) is 16.0. The van der Waals surface area contributed by atoms with Crippen LogP contribution in [0.5, 0.6) is 0 Å². The molecule has 2 saturated heterocycles. The number of aliphatic hydroxyl groups is 2. The summed E-state index contributed by atoms with van der Waals surface area (Å²) in [5.41, 5.74) is 0.792. The molecule has 4 N–H and O–H groups in total. The summed E-state index contributed by atoms with van der Waals surface area (Å²) in [5.74, 6) is 0.454. The molecule has 33 heavy (non-hydrogen) atoms. The van der Waals surface area contributed by atoms with E-state index in [-0.39, 0.29) is 24.0 Å². The fourth-order valence-electron chi connectivity index (χ4n) is 4.55. The van der Waals surface area contributed by atoms with E-state index >= 15 is 0 Å². The predicted molar refractivity (Wildman–Crippen MR) is 116 cm³/mol. The van der Waals surface area contributed by atoms with Crippen molar-refractivity contribution in [3.05, 3.63) is 11.6 Å². The van der Waals surface area contributed by atoms with E-state index in [4.69, 9.17) is 25.8 Å². The van der Waals surface area contributed by atoms with Crippen molar-refractivity contribution in [3.63, 3.8) is 0 Å². The molecule has 1 amide bonds. The molecular formula is C20H27ClN6O6. The summed E-state index contributed by atoms with van der Waals surface area (Å²) in [4.78, 5) is 24.9. The highest BCUT2D eigenvalue weighted by Gasteiger charge is 2.45. The Balaban J connectivity index is 1.28. The number of halogens is 1. The van der Waals surface area contributed by atoms with Gasteiger partial charge in [0.05, 0.1) is 19.0 Å². The number of carbonyl (C=O) groups excluding carboxylic acids is 1. The molecule has 5 rings (SSSR count). The average molecular weight is 483 g/mol. The molecule has 13 heteroatoms. The summed E-state index contributed by atoms with van der Waals surface area (Å²) in [7, 11) is 0. The minimum atomic E-state index is -1.29. The number of nitrogens with one attached hydrogen (secondary N) is 2. The number of aliphatic hydroxyl groups excluding tert-OH is 2. The van der Waals surface area contributed by atoms with E-state index in [0.717, 1.165) is 32.1 Å². The number of rotatable bonds is 6. The number of carbonyl (C=O) groups is 1. The van der Waals surface area contributed by atoms with Gasteiger partial charge >= 0.3 is 6.09 Å². The van der Waals surface area contributed by atoms with E-state index in [1.165, 1.54) is 10.9 Å². The molecule has 5 atom stereocenters. The molecule has 0 spiro atoms. The van der Waals surface area contributed by atoms with Crippen LogP contribution in [-0.4, -0.2) is 86.0 Å². The maximum atomic E-state index is 12.1. The number of ether oxygens (including phenoxy) is 3. The summed E-state index contributed by atoms with van der Waals surface area (Å²) in [5, 5.41) is 27.2. The molecule has 0 radical (unpaired) electrons. The zero-order chi connectivity index (χ0) is 22.9. The first-order valence-electron chi connectivity index (χ1n) is 11.2. The third-order valence-electron chi connectivity index (χ3n) is 6.33. The second-order valence-corrected chi connectivity index (χ2v) is 8.98. The van der Waals surface area contributed by atoms with Gasteiger partial charge in [0.2, 0.25) is 5.28 Å². The first-order valence-corrected chi connectivity index (χ1v) is 11.6. The maximum absolute atomic E-state index is 12.1. The number of hydrogen-bond acceptors (Lipinski definition) is 10. The van der Waals surface area contributed by atoms with Crippen LogP contribution in [0.1, 0.15) is 38.3 Å². The van der Waals surface area contributed by atoms with Crippen molar-refractivity contribution in [1.29, 1.82) is 0 Å². The second kappa shape index (κ2) is 9.55. The van der Waals surface area contributed by atoms with Crippen molar-refractivity contribution in [1.82, 2.24) is 24.8 Å². The van der Waals surface area contributed by atoms with Crippen molar-refractivity contribution in [2.45, 2.75) is 68.7 Å². The van der Waals surface area contributed by atoms with Gasteiger partial charge in [0.25, 0.3) is 0 Å². The molecule has 2 aromatic heterocycles. The summed E-state index contributed by atoms with van der Waals surface area (Å²) >= 11 is 6.14. The van der Waals surface area contributed by atoms with Gasteiger partial charge in [-0.2, -0.15) is 9.97 Å². The van der Waals surface area contributed by atoms with Crippen LogP contribution in [0.25, 0.3) is 11.2 Å². The van der Waals surface area contributed by atoms with E-state index in [1.807, 2.05) is 0 Å². The van der Waals surface area contributed by atoms with Crippen molar-refractivity contribution in [2.24, 2.45) is 0 Å². The van der Waals surface area contributed by atoms with Gasteiger partial charge < -0.3 is 35.1 Å². The molecular weight excluding hydrogens is 456 g/mol. The van der Waals surface area contributed by atoms with Gasteiger partial charge in [0.15, 0.2) is 23.2 Å². The number of alkyl carbamates (subject to hydrolysis) is 1. The van der Waals surface area contributed by atoms with E-state index in [1.54, 1.807) is 0 Å². The van der Waals surface area contributed by atoms with Gasteiger partial charge in [-0.15, -0.1) is 0 Å². The summed E-state index contributed by atoms with van der Waals surface area (Å²) < 4.78 is 18.0. The molecule has 1 saturated carbocycles. The van der Waals surface area contributed by atoms with Crippen LogP contribution in [0, 0.1) is 0 Å². The third kappa shape index (κ3) is 4.71. The second-order valence-electron chi connectivity index (χ2n) is 8.64. The Morgan fingerprint density at radius 2 is 2.03 bits per heavy atom. The quantitative estimate of drug-likeness (QED) is 0.438. The van der Waals surface area contributed by atoms with Gasteiger partial charge in [-0.05, 0) is 30.9 Å². The van der Waals surface area contributed by atoms with Crippen LogP contribution >= 0.6 is 11.6 Å². The molecule has 3 aliphatic rings. The monoisotopic (exact) mass is 482 g/mol. The zero-order valence-electron chi connectivity index (χ0n) is 17.9. The highest BCUT2D eigenvalue weighted by molar-refractivity contribution is 6.28. The topological polar surface area (TPSA) is 153 Å². The van der Waals surface area contributed by atoms with Crippen molar-refractivity contribution in [2.75, 3.05) is 25.1 Å². The van der Waals surface area contributed by atoms with Crippen molar-refractivity contribution in [3.8, 4) is 0 Å². The Labute approximate surface area is 194 Å². The van der Waals surface area contributed by atoms with Gasteiger partial charge in [-0.25, -0.2) is 9.78 Å². The van der Waals surface area contributed by atoms with E-state index < -0.39 is 30.6 Å². The molecule has 3 fully saturated rings. The molecule has 1 unspecified atom stereocenters. The lowest BCUT2D eigenvalue weighted by Crippen LogP contribution is -2.38. The fraction of sp³-hybridized carbons (Fsp3) is 0.700. The van der Waals surface area contributed by atoms with Crippen LogP contribution < -0.4 is 10.6 Å². The Hall–Kier alpha value is -2.25. The Morgan fingerprint density at radius 3 is 2.79 bits per heavy atom. The van der Waals surface area contributed by atoms with E-state index in [2.05, 4.69) is 25.6 Å². The van der Waals surface area contributed by atoms with Crippen LogP contribution in [-0.2, 0) is 14.2 Å². The van der Waals surface area contributed by atoms with Crippen LogP contribution in [0.4, 0.5) is 10.6 Å². The smallest absolute Gasteiger partial charge is 0.407 e.